The molecule has 0 aliphatic rings. The summed E-state index contributed by atoms with van der Waals surface area (Å²) in [5.41, 5.74) is 0.555. The van der Waals surface area contributed by atoms with E-state index in [0.29, 0.717) is 5.56 Å². The number of phenols is 1. The molecule has 0 aliphatic heterocycles. The van der Waals surface area contributed by atoms with Crippen molar-refractivity contribution in [2.45, 2.75) is 19.1 Å². The van der Waals surface area contributed by atoms with Gasteiger partial charge in [-0.3, -0.25) is 0 Å². The SMILES string of the molecule is CC(NC(=O)OCC(F)(F)F)c1cccc(O)c1. The first kappa shape index (κ1) is 14.1. The molecule has 1 aromatic rings. The zero-order valence-corrected chi connectivity index (χ0v) is 9.49. The van der Waals surface area contributed by atoms with Gasteiger partial charge in [0, 0.05) is 0 Å². The number of nitrogens with one attached hydrogen (secondary N) is 1. The molecule has 1 unspecified atom stereocenters. The third kappa shape index (κ3) is 4.94. The standard InChI is InChI=1S/C11H12F3NO3/c1-7(8-3-2-4-9(16)5-8)15-10(17)18-6-11(12,13)14/h2-5,7,16H,6H2,1H3,(H,15,17). The monoisotopic (exact) mass is 263 g/mol. The first-order chi connectivity index (χ1) is 8.28. The normalized spacial score (nSPS) is 12.9. The first-order valence-electron chi connectivity index (χ1n) is 5.07. The Morgan fingerprint density at radius 3 is 2.72 bits per heavy atom. The van der Waals surface area contributed by atoms with E-state index < -0.39 is 24.9 Å². The predicted molar refractivity (Wildman–Crippen MR) is 57.1 cm³/mol. The number of amides is 1. The number of carbonyl (C=O) groups excluding carboxylic acids is 1. The van der Waals surface area contributed by atoms with Crippen molar-refractivity contribution in [3.8, 4) is 5.75 Å². The number of hydrogen-bond acceptors (Lipinski definition) is 3. The van der Waals surface area contributed by atoms with Gasteiger partial charge in [0.05, 0.1) is 6.04 Å². The fraction of sp³-hybridized carbons (Fsp3) is 0.364. The highest BCUT2D eigenvalue weighted by Crippen LogP contribution is 2.18. The Bertz CT molecular complexity index is 420. The van der Waals surface area contributed by atoms with Crippen molar-refractivity contribution in [2.75, 3.05) is 6.61 Å². The molecule has 1 rings (SSSR count). The minimum Gasteiger partial charge on any atom is -0.508 e. The van der Waals surface area contributed by atoms with E-state index in [0.717, 1.165) is 0 Å². The molecule has 7 heteroatoms. The van der Waals surface area contributed by atoms with Crippen molar-refractivity contribution >= 4 is 6.09 Å². The van der Waals surface area contributed by atoms with Crippen LogP contribution in [0.1, 0.15) is 18.5 Å². The lowest BCUT2D eigenvalue weighted by Gasteiger charge is -2.15. The van der Waals surface area contributed by atoms with Gasteiger partial charge in [-0.05, 0) is 24.6 Å². The summed E-state index contributed by atoms with van der Waals surface area (Å²) in [7, 11) is 0. The summed E-state index contributed by atoms with van der Waals surface area (Å²) in [4.78, 5) is 11.1. The molecule has 0 aromatic heterocycles. The Morgan fingerprint density at radius 1 is 1.50 bits per heavy atom. The Labute approximate surface area is 101 Å². The topological polar surface area (TPSA) is 58.6 Å². The highest BCUT2D eigenvalue weighted by Gasteiger charge is 2.29. The molecule has 0 bridgehead atoms. The maximum atomic E-state index is 11.8. The van der Waals surface area contributed by atoms with Crippen molar-refractivity contribution in [1.82, 2.24) is 5.32 Å². The Balaban J connectivity index is 2.50. The summed E-state index contributed by atoms with van der Waals surface area (Å²) < 4.78 is 39.4. The molecule has 0 heterocycles. The smallest absolute Gasteiger partial charge is 0.422 e. The van der Waals surface area contributed by atoms with Gasteiger partial charge < -0.3 is 15.2 Å². The van der Waals surface area contributed by atoms with E-state index in [1.165, 1.54) is 12.1 Å². The van der Waals surface area contributed by atoms with Gasteiger partial charge in [0.25, 0.3) is 0 Å². The Kier molecular flexibility index (Phi) is 4.41. The number of alkyl halides is 3. The third-order valence-electron chi connectivity index (χ3n) is 2.07. The molecule has 0 aliphatic carbocycles. The molecular weight excluding hydrogens is 251 g/mol. The van der Waals surface area contributed by atoms with Crippen LogP contribution in [0.15, 0.2) is 24.3 Å². The second kappa shape index (κ2) is 5.61. The van der Waals surface area contributed by atoms with Crippen molar-refractivity contribution in [2.24, 2.45) is 0 Å². The van der Waals surface area contributed by atoms with Crippen LogP contribution >= 0.6 is 0 Å². The number of rotatable bonds is 3. The number of aromatic hydroxyl groups is 1. The third-order valence-corrected chi connectivity index (χ3v) is 2.07. The summed E-state index contributed by atoms with van der Waals surface area (Å²) >= 11 is 0. The van der Waals surface area contributed by atoms with Crippen molar-refractivity contribution in [1.29, 1.82) is 0 Å². The van der Waals surface area contributed by atoms with Crippen LogP contribution in [0, 0.1) is 0 Å². The Morgan fingerprint density at radius 2 is 2.17 bits per heavy atom. The molecule has 100 valence electrons. The highest BCUT2D eigenvalue weighted by molar-refractivity contribution is 5.67. The molecule has 0 radical (unpaired) electrons. The van der Waals surface area contributed by atoms with Crippen LogP contribution in [0.5, 0.6) is 5.75 Å². The van der Waals surface area contributed by atoms with Gasteiger partial charge in [0.1, 0.15) is 5.75 Å². The van der Waals surface area contributed by atoms with E-state index in [1.54, 1.807) is 19.1 Å². The number of ether oxygens (including phenoxy) is 1. The van der Waals surface area contributed by atoms with Gasteiger partial charge in [0.15, 0.2) is 6.61 Å². The van der Waals surface area contributed by atoms with Gasteiger partial charge >= 0.3 is 12.3 Å². The zero-order valence-electron chi connectivity index (χ0n) is 9.49. The van der Waals surface area contributed by atoms with Crippen LogP contribution < -0.4 is 5.32 Å². The van der Waals surface area contributed by atoms with Crippen LogP contribution in [0.4, 0.5) is 18.0 Å². The molecule has 0 saturated heterocycles. The molecule has 0 fully saturated rings. The number of phenolic OH excluding ortho intramolecular Hbond substituents is 1. The van der Waals surface area contributed by atoms with E-state index >= 15 is 0 Å². The molecule has 0 saturated carbocycles. The predicted octanol–water partition coefficient (Wildman–Crippen LogP) is 2.74. The van der Waals surface area contributed by atoms with E-state index in [1.807, 2.05) is 0 Å². The number of halogens is 3. The number of alkyl carbamates (subject to hydrolysis) is 1. The van der Waals surface area contributed by atoms with Crippen molar-refractivity contribution in [3.05, 3.63) is 29.8 Å². The van der Waals surface area contributed by atoms with Crippen molar-refractivity contribution < 1.29 is 27.8 Å². The summed E-state index contributed by atoms with van der Waals surface area (Å²) in [5.74, 6) is 0.00445. The lowest BCUT2D eigenvalue weighted by atomic mass is 10.1. The minimum atomic E-state index is -4.55. The van der Waals surface area contributed by atoms with E-state index in [2.05, 4.69) is 10.1 Å². The van der Waals surface area contributed by atoms with E-state index in [-0.39, 0.29) is 5.75 Å². The maximum absolute atomic E-state index is 11.8. The minimum absolute atomic E-state index is 0.00445. The Hall–Kier alpha value is -1.92. The quantitative estimate of drug-likeness (QED) is 0.881. The van der Waals surface area contributed by atoms with Crippen molar-refractivity contribution in [3.63, 3.8) is 0 Å². The number of carbonyl (C=O) groups is 1. The second-order valence-electron chi connectivity index (χ2n) is 3.65. The molecule has 2 N–H and O–H groups in total. The molecular formula is C11H12F3NO3. The van der Waals surface area contributed by atoms with E-state index in [4.69, 9.17) is 0 Å². The lowest BCUT2D eigenvalue weighted by Crippen LogP contribution is -2.30. The molecule has 1 atom stereocenters. The molecule has 1 aromatic carbocycles. The van der Waals surface area contributed by atoms with E-state index in [9.17, 15) is 23.1 Å². The fourth-order valence-corrected chi connectivity index (χ4v) is 1.24. The number of hydrogen-bond donors (Lipinski definition) is 2. The van der Waals surface area contributed by atoms with Gasteiger partial charge in [-0.2, -0.15) is 13.2 Å². The summed E-state index contributed by atoms with van der Waals surface area (Å²) in [6.07, 6.45) is -5.71. The van der Waals surface area contributed by atoms with Crippen LogP contribution in [-0.4, -0.2) is 24.0 Å². The van der Waals surface area contributed by atoms with Crippen LogP contribution in [-0.2, 0) is 4.74 Å². The largest absolute Gasteiger partial charge is 0.508 e. The van der Waals surface area contributed by atoms with Gasteiger partial charge in [0.2, 0.25) is 0 Å². The van der Waals surface area contributed by atoms with Gasteiger partial charge in [-0.15, -0.1) is 0 Å². The second-order valence-corrected chi connectivity index (χ2v) is 3.65. The van der Waals surface area contributed by atoms with Crippen LogP contribution in [0.3, 0.4) is 0 Å². The van der Waals surface area contributed by atoms with Gasteiger partial charge in [-0.25, -0.2) is 4.79 Å². The fourth-order valence-electron chi connectivity index (χ4n) is 1.24. The lowest BCUT2D eigenvalue weighted by molar-refractivity contribution is -0.160. The maximum Gasteiger partial charge on any atom is 0.422 e. The average molecular weight is 263 g/mol. The summed E-state index contributed by atoms with van der Waals surface area (Å²) in [6.45, 7) is -0.0742. The summed E-state index contributed by atoms with van der Waals surface area (Å²) in [5, 5.41) is 11.4. The van der Waals surface area contributed by atoms with Crippen LogP contribution in [0.2, 0.25) is 0 Å². The van der Waals surface area contributed by atoms with Crippen LogP contribution in [0.25, 0.3) is 0 Å². The molecule has 18 heavy (non-hydrogen) atoms. The first-order valence-corrected chi connectivity index (χ1v) is 5.07. The zero-order chi connectivity index (χ0) is 13.8. The summed E-state index contributed by atoms with van der Waals surface area (Å²) in [6, 6.07) is 5.45. The average Bonchev–Trinajstić information content (AvgIpc) is 2.25. The highest BCUT2D eigenvalue weighted by atomic mass is 19.4. The molecule has 0 spiro atoms. The molecule has 1 amide bonds. The molecule has 4 nitrogen and oxygen atoms in total. The van der Waals surface area contributed by atoms with Gasteiger partial charge in [-0.1, -0.05) is 12.1 Å². The number of benzene rings is 1.